The van der Waals surface area contributed by atoms with E-state index >= 15 is 0 Å². The predicted octanol–water partition coefficient (Wildman–Crippen LogP) is 1.45. The minimum atomic E-state index is -3.76. The maximum Gasteiger partial charge on any atom is 0.264 e. The van der Waals surface area contributed by atoms with E-state index in [1.807, 2.05) is 18.2 Å². The standard InChI is InChI=1S/C23H27N3O5S/c1-32(29,30)31-19(17-26-22(27)20-9-5-6-10-21(20)23(26)28)16-25-13-11-24(12-14-25)15-18-7-3-2-4-8-18/h2-10,19H,11-17H2,1H3. The summed E-state index contributed by atoms with van der Waals surface area (Å²) < 4.78 is 29.0. The largest absolute Gasteiger partial charge is 0.298 e. The van der Waals surface area contributed by atoms with Gasteiger partial charge in [-0.15, -0.1) is 0 Å². The van der Waals surface area contributed by atoms with Crippen LogP contribution in [0.2, 0.25) is 0 Å². The van der Waals surface area contributed by atoms with Gasteiger partial charge in [0.1, 0.15) is 6.10 Å². The molecule has 0 saturated carbocycles. The Labute approximate surface area is 188 Å². The van der Waals surface area contributed by atoms with E-state index in [2.05, 4.69) is 21.9 Å². The Balaban J connectivity index is 1.38. The van der Waals surface area contributed by atoms with Crippen LogP contribution in [-0.4, -0.2) is 86.6 Å². The molecule has 2 amide bonds. The molecule has 0 N–H and O–H groups in total. The van der Waals surface area contributed by atoms with Crippen molar-refractivity contribution in [3.05, 3.63) is 71.3 Å². The molecule has 0 aromatic heterocycles. The average molecular weight is 458 g/mol. The van der Waals surface area contributed by atoms with Gasteiger partial charge in [0, 0.05) is 39.3 Å². The molecule has 2 heterocycles. The Bertz CT molecular complexity index is 1050. The van der Waals surface area contributed by atoms with Crippen LogP contribution in [-0.2, 0) is 20.8 Å². The number of fused-ring (bicyclic) bond motifs is 1. The highest BCUT2D eigenvalue weighted by Crippen LogP contribution is 2.23. The first-order valence-corrected chi connectivity index (χ1v) is 12.4. The fourth-order valence-electron chi connectivity index (χ4n) is 4.23. The highest BCUT2D eigenvalue weighted by atomic mass is 32.2. The molecule has 2 aromatic rings. The van der Waals surface area contributed by atoms with Crippen LogP contribution < -0.4 is 0 Å². The van der Waals surface area contributed by atoms with Crippen molar-refractivity contribution in [1.82, 2.24) is 14.7 Å². The molecule has 0 bridgehead atoms. The fraction of sp³-hybridized carbons (Fsp3) is 0.391. The molecule has 2 aliphatic heterocycles. The van der Waals surface area contributed by atoms with Crippen LogP contribution in [0.15, 0.2) is 54.6 Å². The number of carbonyl (C=O) groups is 2. The van der Waals surface area contributed by atoms with Gasteiger partial charge < -0.3 is 0 Å². The normalized spacial score (nSPS) is 18.7. The second-order valence-electron chi connectivity index (χ2n) is 8.25. The van der Waals surface area contributed by atoms with E-state index in [-0.39, 0.29) is 6.54 Å². The van der Waals surface area contributed by atoms with Crippen molar-refractivity contribution in [1.29, 1.82) is 0 Å². The summed E-state index contributed by atoms with van der Waals surface area (Å²) in [6.45, 7) is 4.26. The smallest absolute Gasteiger partial charge is 0.264 e. The first-order valence-electron chi connectivity index (χ1n) is 10.6. The number of carbonyl (C=O) groups excluding carboxylic acids is 2. The van der Waals surface area contributed by atoms with Crippen LogP contribution in [0.1, 0.15) is 26.3 Å². The lowest BCUT2D eigenvalue weighted by molar-refractivity contribution is 0.0472. The molecule has 1 unspecified atom stereocenters. The second-order valence-corrected chi connectivity index (χ2v) is 9.85. The number of nitrogens with zero attached hydrogens (tertiary/aromatic N) is 3. The van der Waals surface area contributed by atoms with Crippen molar-refractivity contribution in [2.45, 2.75) is 12.6 Å². The average Bonchev–Trinajstić information content (AvgIpc) is 3.00. The number of piperazine rings is 1. The molecule has 170 valence electrons. The number of imide groups is 1. The van der Waals surface area contributed by atoms with Crippen LogP contribution >= 0.6 is 0 Å². The zero-order valence-corrected chi connectivity index (χ0v) is 18.8. The van der Waals surface area contributed by atoms with E-state index in [0.29, 0.717) is 17.7 Å². The van der Waals surface area contributed by atoms with E-state index < -0.39 is 28.0 Å². The first kappa shape index (κ1) is 22.6. The highest BCUT2D eigenvalue weighted by molar-refractivity contribution is 7.86. The zero-order valence-electron chi connectivity index (χ0n) is 18.0. The fourth-order valence-corrected chi connectivity index (χ4v) is 4.85. The second kappa shape index (κ2) is 9.50. The molecule has 1 atom stereocenters. The van der Waals surface area contributed by atoms with Gasteiger partial charge in [0.15, 0.2) is 0 Å². The van der Waals surface area contributed by atoms with Crippen LogP contribution in [0.3, 0.4) is 0 Å². The molecule has 0 aliphatic carbocycles. The van der Waals surface area contributed by atoms with E-state index in [4.69, 9.17) is 4.18 Å². The lowest BCUT2D eigenvalue weighted by Crippen LogP contribution is -2.51. The van der Waals surface area contributed by atoms with Crippen molar-refractivity contribution in [2.75, 3.05) is 45.5 Å². The molecular weight excluding hydrogens is 430 g/mol. The van der Waals surface area contributed by atoms with Gasteiger partial charge in [0.05, 0.1) is 23.9 Å². The maximum absolute atomic E-state index is 12.7. The Kier molecular flexibility index (Phi) is 6.71. The van der Waals surface area contributed by atoms with Crippen LogP contribution in [0.4, 0.5) is 0 Å². The van der Waals surface area contributed by atoms with Crippen LogP contribution in [0, 0.1) is 0 Å². The molecule has 8 nitrogen and oxygen atoms in total. The Morgan fingerprint density at radius 3 is 1.91 bits per heavy atom. The van der Waals surface area contributed by atoms with Gasteiger partial charge in [-0.3, -0.25) is 28.5 Å². The summed E-state index contributed by atoms with van der Waals surface area (Å²) in [6.07, 6.45) is 0.160. The topological polar surface area (TPSA) is 87.2 Å². The van der Waals surface area contributed by atoms with Crippen molar-refractivity contribution in [2.24, 2.45) is 0 Å². The van der Waals surface area contributed by atoms with Gasteiger partial charge in [0.2, 0.25) is 0 Å². The van der Waals surface area contributed by atoms with Crippen molar-refractivity contribution >= 4 is 21.9 Å². The molecule has 0 spiro atoms. The zero-order chi connectivity index (χ0) is 22.7. The molecule has 32 heavy (non-hydrogen) atoms. The Hall–Kier alpha value is -2.59. The van der Waals surface area contributed by atoms with Gasteiger partial charge in [-0.2, -0.15) is 8.42 Å². The van der Waals surface area contributed by atoms with Gasteiger partial charge in [-0.05, 0) is 17.7 Å². The number of benzene rings is 2. The third kappa shape index (κ3) is 5.42. The van der Waals surface area contributed by atoms with Gasteiger partial charge in [-0.25, -0.2) is 0 Å². The predicted molar refractivity (Wildman–Crippen MR) is 120 cm³/mol. The third-order valence-electron chi connectivity index (χ3n) is 5.75. The van der Waals surface area contributed by atoms with Gasteiger partial charge >= 0.3 is 0 Å². The molecule has 1 fully saturated rings. The summed E-state index contributed by atoms with van der Waals surface area (Å²) in [7, 11) is -3.76. The third-order valence-corrected chi connectivity index (χ3v) is 6.37. The quantitative estimate of drug-likeness (QED) is 0.438. The molecular formula is C23H27N3O5S. The summed E-state index contributed by atoms with van der Waals surface area (Å²) in [4.78, 5) is 31.0. The number of amides is 2. The minimum absolute atomic E-state index is 0.107. The van der Waals surface area contributed by atoms with Crippen molar-refractivity contribution in [3.63, 3.8) is 0 Å². The van der Waals surface area contributed by atoms with Crippen LogP contribution in [0.25, 0.3) is 0 Å². The number of hydrogen-bond acceptors (Lipinski definition) is 7. The summed E-state index contributed by atoms with van der Waals surface area (Å²) in [5.74, 6) is -0.833. The number of rotatable bonds is 8. The summed E-state index contributed by atoms with van der Waals surface area (Å²) >= 11 is 0. The van der Waals surface area contributed by atoms with E-state index in [9.17, 15) is 18.0 Å². The van der Waals surface area contributed by atoms with Gasteiger partial charge in [0.25, 0.3) is 21.9 Å². The van der Waals surface area contributed by atoms with E-state index in [1.165, 1.54) is 5.56 Å². The molecule has 0 radical (unpaired) electrons. The summed E-state index contributed by atoms with van der Waals surface area (Å²) in [5.41, 5.74) is 1.93. The van der Waals surface area contributed by atoms with E-state index in [0.717, 1.165) is 43.9 Å². The Morgan fingerprint density at radius 1 is 0.812 bits per heavy atom. The summed E-state index contributed by atoms with van der Waals surface area (Å²) in [6, 6.07) is 16.9. The SMILES string of the molecule is CS(=O)(=O)OC(CN1CCN(Cc2ccccc2)CC1)CN1C(=O)c2ccccc2C1=O. The van der Waals surface area contributed by atoms with Gasteiger partial charge in [-0.1, -0.05) is 42.5 Å². The molecule has 2 aromatic carbocycles. The van der Waals surface area contributed by atoms with Crippen molar-refractivity contribution < 1.29 is 22.2 Å². The highest BCUT2D eigenvalue weighted by Gasteiger charge is 2.37. The Morgan fingerprint density at radius 2 is 1.34 bits per heavy atom. The maximum atomic E-state index is 12.7. The summed E-state index contributed by atoms with van der Waals surface area (Å²) in [5, 5.41) is 0. The molecule has 9 heteroatoms. The molecule has 4 rings (SSSR count). The first-order chi connectivity index (χ1) is 15.3. The molecule has 2 aliphatic rings. The van der Waals surface area contributed by atoms with Crippen molar-refractivity contribution in [3.8, 4) is 0 Å². The monoisotopic (exact) mass is 457 g/mol. The minimum Gasteiger partial charge on any atom is -0.298 e. The van der Waals surface area contributed by atoms with E-state index in [1.54, 1.807) is 24.3 Å². The lowest BCUT2D eigenvalue weighted by Gasteiger charge is -2.36. The van der Waals surface area contributed by atoms with Crippen LogP contribution in [0.5, 0.6) is 0 Å². The molecule has 1 saturated heterocycles. The lowest BCUT2D eigenvalue weighted by atomic mass is 10.1. The number of hydrogen-bond donors (Lipinski definition) is 0.